The Balaban J connectivity index is 3.15. The standard InChI is InChI=1S/C6H6N3O/c7-4-2-1-3-9-5(4)6(8)10/h1,3H,7H2,(H2,8,10). The van der Waals surface area contributed by atoms with E-state index in [9.17, 15) is 4.79 Å². The zero-order chi connectivity index (χ0) is 7.56. The van der Waals surface area contributed by atoms with Gasteiger partial charge in [0.15, 0.2) is 5.69 Å². The van der Waals surface area contributed by atoms with Crippen LogP contribution in [-0.4, -0.2) is 10.9 Å². The van der Waals surface area contributed by atoms with Crippen molar-refractivity contribution in [3.05, 3.63) is 24.0 Å². The molecule has 4 nitrogen and oxygen atoms in total. The summed E-state index contributed by atoms with van der Waals surface area (Å²) in [7, 11) is 0. The van der Waals surface area contributed by atoms with Crippen LogP contribution in [0.3, 0.4) is 0 Å². The highest BCUT2D eigenvalue weighted by atomic mass is 16.1. The number of hydrogen-bond donors (Lipinski definition) is 2. The molecule has 0 saturated carbocycles. The summed E-state index contributed by atoms with van der Waals surface area (Å²) in [5.74, 6) is -0.630. The van der Waals surface area contributed by atoms with Crippen molar-refractivity contribution in [3.8, 4) is 0 Å². The van der Waals surface area contributed by atoms with Crippen LogP contribution in [0.25, 0.3) is 0 Å². The van der Waals surface area contributed by atoms with E-state index in [0.29, 0.717) is 0 Å². The number of rotatable bonds is 1. The number of carbonyl (C=O) groups excluding carboxylic acids is 1. The van der Waals surface area contributed by atoms with Gasteiger partial charge in [-0.2, -0.15) is 0 Å². The molecule has 0 spiro atoms. The highest BCUT2D eigenvalue weighted by Gasteiger charge is 2.04. The van der Waals surface area contributed by atoms with Crippen LogP contribution in [-0.2, 0) is 0 Å². The second-order valence-electron chi connectivity index (χ2n) is 1.72. The number of hydrogen-bond acceptors (Lipinski definition) is 3. The fraction of sp³-hybridized carbons (Fsp3) is 0. The molecule has 0 aliphatic rings. The zero-order valence-corrected chi connectivity index (χ0v) is 5.16. The molecule has 0 unspecified atom stereocenters. The van der Waals surface area contributed by atoms with Crippen LogP contribution < -0.4 is 11.5 Å². The average molecular weight is 136 g/mol. The first-order valence-corrected chi connectivity index (χ1v) is 2.64. The number of nitrogen functional groups attached to an aromatic ring is 1. The van der Waals surface area contributed by atoms with Crippen molar-refractivity contribution in [2.75, 3.05) is 5.73 Å². The van der Waals surface area contributed by atoms with Crippen LogP contribution in [0.5, 0.6) is 0 Å². The smallest absolute Gasteiger partial charge is 0.269 e. The van der Waals surface area contributed by atoms with E-state index >= 15 is 0 Å². The molecule has 0 bridgehead atoms. The van der Waals surface area contributed by atoms with Crippen LogP contribution in [0.2, 0.25) is 0 Å². The van der Waals surface area contributed by atoms with Crippen molar-refractivity contribution in [2.24, 2.45) is 5.73 Å². The van der Waals surface area contributed by atoms with Gasteiger partial charge in [0.1, 0.15) is 0 Å². The van der Waals surface area contributed by atoms with Crippen LogP contribution >= 0.6 is 0 Å². The third-order valence-electron chi connectivity index (χ3n) is 1.01. The second kappa shape index (κ2) is 2.34. The Kier molecular flexibility index (Phi) is 1.53. The number of anilines is 1. The summed E-state index contributed by atoms with van der Waals surface area (Å²) in [6.45, 7) is 0. The van der Waals surface area contributed by atoms with Gasteiger partial charge in [-0.3, -0.25) is 4.79 Å². The number of nitrogens with zero attached hydrogens (tertiary/aromatic N) is 1. The van der Waals surface area contributed by atoms with Gasteiger partial charge in [-0.1, -0.05) is 0 Å². The molecule has 0 aliphatic heterocycles. The molecule has 1 aromatic rings. The molecule has 1 heterocycles. The summed E-state index contributed by atoms with van der Waals surface area (Å²) in [5.41, 5.74) is 10.5. The zero-order valence-electron chi connectivity index (χ0n) is 5.16. The van der Waals surface area contributed by atoms with E-state index in [-0.39, 0.29) is 11.4 Å². The first kappa shape index (κ1) is 6.54. The van der Waals surface area contributed by atoms with E-state index in [1.165, 1.54) is 12.3 Å². The number of aromatic nitrogens is 1. The Labute approximate surface area is 57.9 Å². The number of carbonyl (C=O) groups is 1. The minimum Gasteiger partial charge on any atom is -0.396 e. The minimum absolute atomic E-state index is 0.0718. The summed E-state index contributed by atoms with van der Waals surface area (Å²) in [6.07, 6.45) is 1.41. The van der Waals surface area contributed by atoms with Crippen molar-refractivity contribution in [2.45, 2.75) is 0 Å². The van der Waals surface area contributed by atoms with E-state index in [4.69, 9.17) is 11.5 Å². The van der Waals surface area contributed by atoms with Crippen LogP contribution in [0.15, 0.2) is 12.3 Å². The molecule has 4 N–H and O–H groups in total. The number of pyridine rings is 1. The molecule has 0 fully saturated rings. The maximum atomic E-state index is 10.5. The average Bonchev–Trinajstić information content (AvgIpc) is 1.88. The maximum absolute atomic E-state index is 10.5. The van der Waals surface area contributed by atoms with E-state index in [1.54, 1.807) is 0 Å². The molecular weight excluding hydrogens is 130 g/mol. The van der Waals surface area contributed by atoms with Gasteiger partial charge in [-0.15, -0.1) is 0 Å². The topological polar surface area (TPSA) is 82.0 Å². The molecule has 51 valence electrons. The Hall–Kier alpha value is -1.58. The molecule has 1 rings (SSSR count). The van der Waals surface area contributed by atoms with Crippen LogP contribution in [0.4, 0.5) is 5.69 Å². The van der Waals surface area contributed by atoms with Gasteiger partial charge in [0.05, 0.1) is 5.69 Å². The molecular formula is C6H6N3O. The molecule has 1 radical (unpaired) electrons. The Morgan fingerprint density at radius 2 is 2.40 bits per heavy atom. The first-order chi connectivity index (χ1) is 4.72. The molecule has 0 saturated heterocycles. The Bertz CT molecular complexity index is 259. The van der Waals surface area contributed by atoms with Crippen LogP contribution in [0, 0.1) is 6.07 Å². The van der Waals surface area contributed by atoms with Gasteiger partial charge in [0, 0.05) is 12.3 Å². The van der Waals surface area contributed by atoms with Gasteiger partial charge in [0.25, 0.3) is 5.91 Å². The number of primary amides is 1. The van der Waals surface area contributed by atoms with Crippen LogP contribution in [0.1, 0.15) is 10.5 Å². The summed E-state index contributed by atoms with van der Waals surface area (Å²) in [6, 6.07) is 4.11. The first-order valence-electron chi connectivity index (χ1n) is 2.64. The van der Waals surface area contributed by atoms with Crippen molar-refractivity contribution >= 4 is 11.6 Å². The summed E-state index contributed by atoms with van der Waals surface area (Å²) < 4.78 is 0. The Morgan fingerprint density at radius 3 is 2.80 bits per heavy atom. The van der Waals surface area contributed by atoms with Crippen molar-refractivity contribution in [1.82, 2.24) is 4.98 Å². The SMILES string of the molecule is NC(=O)c1ncc[c]c1N. The second-order valence-corrected chi connectivity index (χ2v) is 1.72. The molecule has 0 aliphatic carbocycles. The maximum Gasteiger partial charge on any atom is 0.269 e. The predicted molar refractivity (Wildman–Crippen MR) is 36.0 cm³/mol. The van der Waals surface area contributed by atoms with Gasteiger partial charge in [-0.05, 0) is 6.07 Å². The highest BCUT2D eigenvalue weighted by Crippen LogP contribution is 2.03. The third-order valence-corrected chi connectivity index (χ3v) is 1.01. The molecule has 1 amide bonds. The summed E-state index contributed by atoms with van der Waals surface area (Å²) in [4.78, 5) is 14.1. The molecule has 0 aromatic carbocycles. The van der Waals surface area contributed by atoms with Gasteiger partial charge < -0.3 is 11.5 Å². The fourth-order valence-electron chi connectivity index (χ4n) is 0.573. The minimum atomic E-state index is -0.630. The van der Waals surface area contributed by atoms with Crippen molar-refractivity contribution < 1.29 is 4.79 Å². The van der Waals surface area contributed by atoms with E-state index < -0.39 is 5.91 Å². The highest BCUT2D eigenvalue weighted by molar-refractivity contribution is 5.95. The lowest BCUT2D eigenvalue weighted by Crippen LogP contribution is -2.15. The lowest BCUT2D eigenvalue weighted by Gasteiger charge is -1.95. The lowest BCUT2D eigenvalue weighted by molar-refractivity contribution is 0.0996. The summed E-state index contributed by atoms with van der Waals surface area (Å²) in [5, 5.41) is 0. The largest absolute Gasteiger partial charge is 0.396 e. The summed E-state index contributed by atoms with van der Waals surface area (Å²) >= 11 is 0. The Morgan fingerprint density at radius 1 is 1.70 bits per heavy atom. The van der Waals surface area contributed by atoms with E-state index in [1.807, 2.05) is 0 Å². The number of amides is 1. The molecule has 0 atom stereocenters. The molecule has 1 aromatic heterocycles. The fourth-order valence-corrected chi connectivity index (χ4v) is 0.573. The predicted octanol–water partition coefficient (Wildman–Crippen LogP) is -0.437. The van der Waals surface area contributed by atoms with Gasteiger partial charge >= 0.3 is 0 Å². The van der Waals surface area contributed by atoms with E-state index in [0.717, 1.165) is 0 Å². The quantitative estimate of drug-likeness (QED) is 0.549. The monoisotopic (exact) mass is 136 g/mol. The third kappa shape index (κ3) is 1.05. The van der Waals surface area contributed by atoms with E-state index in [2.05, 4.69) is 11.1 Å². The molecule has 10 heavy (non-hydrogen) atoms. The molecule has 4 heteroatoms. The normalized spacial score (nSPS) is 9.20. The van der Waals surface area contributed by atoms with Crippen molar-refractivity contribution in [3.63, 3.8) is 0 Å². The van der Waals surface area contributed by atoms with Gasteiger partial charge in [-0.25, -0.2) is 4.98 Å². The number of nitrogens with two attached hydrogens (primary N) is 2. The van der Waals surface area contributed by atoms with Gasteiger partial charge in [0.2, 0.25) is 0 Å². The lowest BCUT2D eigenvalue weighted by atomic mass is 10.3. The van der Waals surface area contributed by atoms with Crippen molar-refractivity contribution in [1.29, 1.82) is 0 Å².